The highest BCUT2D eigenvalue weighted by Gasteiger charge is 2.00. The molecule has 142 valence electrons. The van der Waals surface area contributed by atoms with Crippen molar-refractivity contribution in [2.24, 2.45) is 0 Å². The lowest BCUT2D eigenvalue weighted by atomic mass is 10.1. The molecule has 6 heteroatoms. The quantitative estimate of drug-likeness (QED) is 0.339. The Morgan fingerprint density at radius 2 is 1.62 bits per heavy atom. The van der Waals surface area contributed by atoms with Gasteiger partial charge in [-0.05, 0) is 30.7 Å². The lowest BCUT2D eigenvalue weighted by molar-refractivity contribution is -0.121. The van der Waals surface area contributed by atoms with Gasteiger partial charge < -0.3 is 5.32 Å². The number of aromatic nitrogens is 2. The fourth-order valence-electron chi connectivity index (χ4n) is 2.12. The van der Waals surface area contributed by atoms with Gasteiger partial charge in [0.05, 0.1) is 0 Å². The number of nitrogens with zero attached hydrogens (tertiary/aromatic N) is 2. The molecule has 4 nitrogen and oxygen atoms in total. The van der Waals surface area contributed by atoms with E-state index < -0.39 is 0 Å². The van der Waals surface area contributed by atoms with Crippen LogP contribution in [0.2, 0.25) is 0 Å². The summed E-state index contributed by atoms with van der Waals surface area (Å²) in [5, 5.41) is 2.97. The predicted molar refractivity (Wildman–Crippen MR) is 113 cm³/mol. The van der Waals surface area contributed by atoms with E-state index in [0.29, 0.717) is 6.42 Å². The van der Waals surface area contributed by atoms with E-state index in [0.717, 1.165) is 23.6 Å². The van der Waals surface area contributed by atoms with Crippen molar-refractivity contribution in [3.63, 3.8) is 0 Å². The molecule has 0 saturated heterocycles. The number of amides is 1. The van der Waals surface area contributed by atoms with Crippen LogP contribution in [0.1, 0.15) is 45.4 Å². The summed E-state index contributed by atoms with van der Waals surface area (Å²) in [6.45, 7) is 2.94. The summed E-state index contributed by atoms with van der Waals surface area (Å²) in [4.78, 5) is 21.5. The number of carbonyl (C=O) groups is 1. The van der Waals surface area contributed by atoms with Crippen LogP contribution in [-0.4, -0.2) is 28.2 Å². The molecule has 2 rings (SSSR count). The highest BCUT2D eigenvalue weighted by molar-refractivity contribution is 7.99. The fraction of sp³-hybridized carbons (Fsp3) is 0.450. The molecule has 0 aliphatic carbocycles. The zero-order valence-electron chi connectivity index (χ0n) is 15.4. The van der Waals surface area contributed by atoms with Crippen molar-refractivity contribution in [1.82, 2.24) is 15.3 Å². The number of pyridine rings is 2. The molecule has 2 heterocycles. The molecule has 0 atom stereocenters. The molecule has 0 aliphatic rings. The lowest BCUT2D eigenvalue weighted by Crippen LogP contribution is -2.25. The molecule has 0 unspecified atom stereocenters. The van der Waals surface area contributed by atoms with Gasteiger partial charge in [-0.2, -0.15) is 0 Å². The van der Waals surface area contributed by atoms with Crippen molar-refractivity contribution in [3.8, 4) is 0 Å². The molecule has 0 radical (unpaired) electrons. The molecule has 1 N–H and O–H groups in total. The smallest absolute Gasteiger partial charge is 0.220 e. The van der Waals surface area contributed by atoms with Gasteiger partial charge in [0, 0.05) is 53.3 Å². The lowest BCUT2D eigenvalue weighted by Gasteiger charge is -2.05. The van der Waals surface area contributed by atoms with Gasteiger partial charge in [0.1, 0.15) is 0 Å². The topological polar surface area (TPSA) is 54.9 Å². The van der Waals surface area contributed by atoms with Gasteiger partial charge in [0.2, 0.25) is 5.91 Å². The standard InChI is InChI=1S/C15H24N2OS.C5H5NS/c1-2-3-4-5-6-7-15(18)17-12-13-19-14-8-10-16-11-9-14;7-5-1-3-6-4-2-5/h8-11H,2-7,12-13H2,1H3,(H,17,18);1-4H,(H,6,7). The van der Waals surface area contributed by atoms with Crippen LogP contribution in [0.25, 0.3) is 0 Å². The average Bonchev–Trinajstić information content (AvgIpc) is 2.67. The summed E-state index contributed by atoms with van der Waals surface area (Å²) in [7, 11) is 0. The van der Waals surface area contributed by atoms with E-state index in [-0.39, 0.29) is 5.91 Å². The van der Waals surface area contributed by atoms with Crippen molar-refractivity contribution in [2.75, 3.05) is 12.3 Å². The van der Waals surface area contributed by atoms with Gasteiger partial charge in [-0.25, -0.2) is 0 Å². The van der Waals surface area contributed by atoms with Crippen molar-refractivity contribution in [3.05, 3.63) is 49.1 Å². The maximum atomic E-state index is 11.6. The zero-order valence-corrected chi connectivity index (χ0v) is 17.1. The van der Waals surface area contributed by atoms with Crippen molar-refractivity contribution in [1.29, 1.82) is 0 Å². The Balaban J connectivity index is 0.000000401. The number of carbonyl (C=O) groups excluding carboxylic acids is 1. The maximum absolute atomic E-state index is 11.6. The Bertz CT molecular complexity index is 582. The second-order valence-electron chi connectivity index (χ2n) is 5.75. The van der Waals surface area contributed by atoms with E-state index in [1.807, 2.05) is 24.3 Å². The second kappa shape index (κ2) is 15.7. The van der Waals surface area contributed by atoms with E-state index in [2.05, 4.69) is 34.8 Å². The van der Waals surface area contributed by atoms with Crippen LogP contribution in [-0.2, 0) is 4.79 Å². The average molecular weight is 392 g/mol. The summed E-state index contributed by atoms with van der Waals surface area (Å²) in [5.74, 6) is 1.10. The summed E-state index contributed by atoms with van der Waals surface area (Å²) >= 11 is 5.79. The third-order valence-corrected chi connectivity index (χ3v) is 4.82. The number of unbranched alkanes of at least 4 members (excludes halogenated alkanes) is 4. The minimum atomic E-state index is 0.187. The first kappa shape index (κ1) is 22.5. The van der Waals surface area contributed by atoms with Gasteiger partial charge in [0.15, 0.2) is 0 Å². The molecule has 0 aliphatic heterocycles. The summed E-state index contributed by atoms with van der Waals surface area (Å²) in [6.07, 6.45) is 13.6. The molecule has 0 aromatic carbocycles. The Morgan fingerprint density at radius 1 is 1.00 bits per heavy atom. The molecular formula is C20H29N3OS2. The van der Waals surface area contributed by atoms with E-state index in [1.54, 1.807) is 36.5 Å². The third kappa shape index (κ3) is 12.8. The molecule has 0 saturated carbocycles. The minimum absolute atomic E-state index is 0.187. The molecule has 26 heavy (non-hydrogen) atoms. The molecule has 0 bridgehead atoms. The van der Waals surface area contributed by atoms with Crippen LogP contribution < -0.4 is 5.32 Å². The van der Waals surface area contributed by atoms with Crippen LogP contribution in [0.5, 0.6) is 0 Å². The second-order valence-corrected chi connectivity index (χ2v) is 7.44. The fourth-order valence-corrected chi connectivity index (χ4v) is 3.00. The Morgan fingerprint density at radius 3 is 2.19 bits per heavy atom. The first-order chi connectivity index (χ1) is 12.7. The third-order valence-electron chi connectivity index (χ3n) is 3.51. The number of nitrogens with one attached hydrogen (secondary N) is 1. The van der Waals surface area contributed by atoms with E-state index in [9.17, 15) is 4.79 Å². The molecule has 0 spiro atoms. The molecule has 0 fully saturated rings. The van der Waals surface area contributed by atoms with Crippen molar-refractivity contribution < 1.29 is 4.79 Å². The summed E-state index contributed by atoms with van der Waals surface area (Å²) < 4.78 is 0. The van der Waals surface area contributed by atoms with Gasteiger partial charge in [0.25, 0.3) is 0 Å². The SMILES string of the molecule is CCCCCCCC(=O)NCCSc1ccncc1.Sc1ccncc1. The highest BCUT2D eigenvalue weighted by atomic mass is 32.2. The van der Waals surface area contributed by atoms with Gasteiger partial charge in [-0.1, -0.05) is 32.6 Å². The summed E-state index contributed by atoms with van der Waals surface area (Å²) in [6, 6.07) is 7.65. The zero-order chi connectivity index (χ0) is 18.9. The largest absolute Gasteiger partial charge is 0.355 e. The molecule has 2 aromatic heterocycles. The first-order valence-corrected chi connectivity index (χ1v) is 10.5. The highest BCUT2D eigenvalue weighted by Crippen LogP contribution is 2.14. The van der Waals surface area contributed by atoms with Crippen LogP contribution in [0, 0.1) is 0 Å². The Labute approximate surface area is 167 Å². The van der Waals surface area contributed by atoms with Crippen molar-refractivity contribution >= 4 is 30.3 Å². The van der Waals surface area contributed by atoms with E-state index in [4.69, 9.17) is 0 Å². The predicted octanol–water partition coefficient (Wildman–Crippen LogP) is 5.02. The van der Waals surface area contributed by atoms with Crippen molar-refractivity contribution in [2.45, 2.75) is 55.2 Å². The summed E-state index contributed by atoms with van der Waals surface area (Å²) in [5.41, 5.74) is 0. The van der Waals surface area contributed by atoms with E-state index >= 15 is 0 Å². The number of thioether (sulfide) groups is 1. The van der Waals surface area contributed by atoms with Crippen LogP contribution in [0.15, 0.2) is 58.8 Å². The number of thiol groups is 1. The molecule has 2 aromatic rings. The minimum Gasteiger partial charge on any atom is -0.355 e. The van der Waals surface area contributed by atoms with Crippen LogP contribution in [0.3, 0.4) is 0 Å². The Kier molecular flexibility index (Phi) is 13.6. The van der Waals surface area contributed by atoms with Gasteiger partial charge >= 0.3 is 0 Å². The number of hydrogen-bond acceptors (Lipinski definition) is 5. The van der Waals surface area contributed by atoms with Crippen LogP contribution >= 0.6 is 24.4 Å². The first-order valence-electron chi connectivity index (χ1n) is 9.11. The molecule has 1 amide bonds. The molecular weight excluding hydrogens is 362 g/mol. The maximum Gasteiger partial charge on any atom is 0.220 e. The van der Waals surface area contributed by atoms with E-state index in [1.165, 1.54) is 30.6 Å². The Hall–Kier alpha value is -1.53. The number of hydrogen-bond donors (Lipinski definition) is 2. The van der Waals surface area contributed by atoms with Gasteiger partial charge in [-0.3, -0.25) is 14.8 Å². The van der Waals surface area contributed by atoms with Crippen LogP contribution in [0.4, 0.5) is 0 Å². The number of rotatable bonds is 10. The monoisotopic (exact) mass is 391 g/mol. The van der Waals surface area contributed by atoms with Gasteiger partial charge in [-0.15, -0.1) is 24.4 Å². The normalized spacial score (nSPS) is 9.92.